The summed E-state index contributed by atoms with van der Waals surface area (Å²) in [5, 5.41) is 42.5. The third kappa shape index (κ3) is 7.85. The minimum absolute atomic E-state index is 0.0864. The van der Waals surface area contributed by atoms with Gasteiger partial charge >= 0.3 is 0 Å². The second kappa shape index (κ2) is 17.4. The molecule has 8 N–H and O–H groups in total. The molecular formula is C48H52N8O4. The smallest absolute Gasteiger partial charge is 0.0606 e. The molecule has 0 aliphatic carbocycles. The second-order valence-electron chi connectivity index (χ2n) is 15.4. The van der Waals surface area contributed by atoms with E-state index in [1.807, 2.05) is 0 Å². The summed E-state index contributed by atoms with van der Waals surface area (Å²) in [6.45, 7) is 5.30. The number of β-amino-alcohol motifs (C(OH)–C–C–N with tert-alkyl or cyclic N) is 4. The highest BCUT2D eigenvalue weighted by molar-refractivity contribution is 5.87. The van der Waals surface area contributed by atoms with Gasteiger partial charge in [0.05, 0.1) is 26.4 Å². The maximum Gasteiger partial charge on any atom is 0.0606 e. The van der Waals surface area contributed by atoms with Crippen LogP contribution in [0.3, 0.4) is 0 Å². The second-order valence-corrected chi connectivity index (χ2v) is 15.4. The molecule has 0 fully saturated rings. The summed E-state index contributed by atoms with van der Waals surface area (Å²) >= 11 is 0. The van der Waals surface area contributed by atoms with Gasteiger partial charge in [0, 0.05) is 144 Å². The Kier molecular flexibility index (Phi) is 11.3. The van der Waals surface area contributed by atoms with Crippen molar-refractivity contribution in [2.45, 2.75) is 0 Å². The van der Waals surface area contributed by atoms with Gasteiger partial charge < -0.3 is 60.0 Å². The molecule has 4 aromatic rings. The number of H-pyrrole nitrogens is 4. The van der Waals surface area contributed by atoms with E-state index in [0.29, 0.717) is 52.4 Å². The summed E-state index contributed by atoms with van der Waals surface area (Å²) in [6.07, 6.45) is 25.6. The van der Waals surface area contributed by atoms with Crippen molar-refractivity contribution in [1.29, 1.82) is 0 Å². The number of nitrogens with one attached hydrogen (secondary N) is 4. The van der Waals surface area contributed by atoms with Crippen molar-refractivity contribution in [2.24, 2.45) is 0 Å². The Hall–Kier alpha value is -6.44. The lowest BCUT2D eigenvalue weighted by Gasteiger charge is -2.23. The van der Waals surface area contributed by atoms with E-state index >= 15 is 0 Å². The minimum Gasteiger partial charge on any atom is -0.395 e. The molecule has 0 saturated carbocycles. The summed E-state index contributed by atoms with van der Waals surface area (Å²) in [7, 11) is 0. The lowest BCUT2D eigenvalue weighted by atomic mass is 10.00. The monoisotopic (exact) mass is 804 g/mol. The van der Waals surface area contributed by atoms with Gasteiger partial charge in [0.1, 0.15) is 0 Å². The van der Waals surface area contributed by atoms with E-state index in [0.717, 1.165) is 88.8 Å². The highest BCUT2D eigenvalue weighted by Crippen LogP contribution is 2.31. The van der Waals surface area contributed by atoms with Gasteiger partial charge in [-0.15, -0.1) is 0 Å². The van der Waals surface area contributed by atoms with Crippen molar-refractivity contribution in [3.05, 3.63) is 188 Å². The molecule has 0 unspecified atom stereocenters. The van der Waals surface area contributed by atoms with Crippen LogP contribution in [0.5, 0.6) is 0 Å². The molecule has 5 aliphatic heterocycles. The first kappa shape index (κ1) is 39.0. The van der Waals surface area contributed by atoms with Gasteiger partial charge in [0.15, 0.2) is 0 Å². The number of hydrogen-bond donors (Lipinski definition) is 8. The van der Waals surface area contributed by atoms with Crippen LogP contribution in [0.4, 0.5) is 0 Å². The van der Waals surface area contributed by atoms with Crippen LogP contribution >= 0.6 is 0 Å². The van der Waals surface area contributed by atoms with Crippen LogP contribution in [-0.2, 0) is 0 Å². The van der Waals surface area contributed by atoms with E-state index in [4.69, 9.17) is 0 Å². The molecule has 9 rings (SSSR count). The molecule has 4 aromatic heterocycles. The molecule has 0 amide bonds. The Morgan fingerprint density at radius 2 is 0.600 bits per heavy atom. The zero-order chi connectivity index (χ0) is 41.0. The number of fused-ring (bicyclic) bond motifs is 8. The molecule has 12 heteroatoms. The first-order chi connectivity index (χ1) is 29.5. The zero-order valence-electron chi connectivity index (χ0n) is 33.6. The summed E-state index contributed by atoms with van der Waals surface area (Å²) in [5.41, 5.74) is 12.2. The van der Waals surface area contributed by atoms with Crippen LogP contribution in [-0.4, -0.2) is 139 Å². The molecule has 12 nitrogen and oxygen atoms in total. The maximum absolute atomic E-state index is 9.66. The number of nitrogens with zero attached hydrogens (tertiary/aromatic N) is 4. The quantitative estimate of drug-likeness (QED) is 0.106. The van der Waals surface area contributed by atoms with E-state index in [1.165, 1.54) is 0 Å². The number of aromatic amines is 4. The van der Waals surface area contributed by atoms with Crippen LogP contribution < -0.4 is 21.4 Å². The Morgan fingerprint density at radius 3 is 0.800 bits per heavy atom. The molecule has 0 radical (unpaired) electrons. The van der Waals surface area contributed by atoms with Crippen LogP contribution in [0, 0.1) is 0 Å². The number of aliphatic hydroxyl groups is 4. The van der Waals surface area contributed by atoms with Crippen molar-refractivity contribution in [1.82, 2.24) is 39.5 Å². The highest BCUT2D eigenvalue weighted by Gasteiger charge is 2.22. The van der Waals surface area contributed by atoms with Gasteiger partial charge in [-0.2, -0.15) is 0 Å². The third-order valence-electron chi connectivity index (χ3n) is 11.6. The largest absolute Gasteiger partial charge is 0.395 e. The fraction of sp³-hybridized carbons (Fsp3) is 0.250. The van der Waals surface area contributed by atoms with E-state index in [-0.39, 0.29) is 26.4 Å². The first-order valence-corrected chi connectivity index (χ1v) is 20.7. The zero-order valence-corrected chi connectivity index (χ0v) is 33.6. The van der Waals surface area contributed by atoms with Crippen molar-refractivity contribution in [2.75, 3.05) is 78.8 Å². The van der Waals surface area contributed by atoms with E-state index in [2.05, 4.69) is 161 Å². The van der Waals surface area contributed by atoms with Crippen molar-refractivity contribution < 1.29 is 20.4 Å². The highest BCUT2D eigenvalue weighted by atomic mass is 16.3. The van der Waals surface area contributed by atoms with Crippen molar-refractivity contribution in [3.63, 3.8) is 0 Å². The molecule has 0 aromatic carbocycles. The van der Waals surface area contributed by atoms with Crippen molar-refractivity contribution >= 4 is 22.3 Å². The van der Waals surface area contributed by atoms with E-state index in [1.54, 1.807) is 0 Å². The molecule has 5 aliphatic rings. The standard InChI is InChI=1S/C48H52N8O4/c57-29-25-53-17-9-33(10-18-53)45-37-1-2-38(49-37)46(34-11-19-54(20-12-34)26-30-58)40-5-6-42(51-40)48(36-15-23-56(24-16-36)28-32-60)44-8-7-43(52-44)47(41-4-3-39(45)50-41)35-13-21-55(22-14-35)27-31-59/h1-17,19,21,23,49-52,57-60H,18,20,22,24-32H2. The Morgan fingerprint density at radius 1 is 0.350 bits per heavy atom. The number of rotatable bonds is 12. The van der Waals surface area contributed by atoms with Gasteiger partial charge in [-0.3, -0.25) is 0 Å². The van der Waals surface area contributed by atoms with Crippen LogP contribution in [0.1, 0.15) is 22.8 Å². The average molecular weight is 805 g/mol. The molecule has 9 heterocycles. The molecule has 0 saturated heterocycles. The minimum atomic E-state index is 0.0864. The Bertz CT molecular complexity index is 2390. The number of allylic oxidation sites excluding steroid dienone is 8. The summed E-state index contributed by atoms with van der Waals surface area (Å²) in [6, 6.07) is 17.3. The van der Waals surface area contributed by atoms with Gasteiger partial charge in [0.25, 0.3) is 0 Å². The molecule has 0 atom stereocenters. The molecule has 60 heavy (non-hydrogen) atoms. The van der Waals surface area contributed by atoms with Gasteiger partial charge in [-0.05, 0) is 95.1 Å². The molecule has 308 valence electrons. The summed E-state index contributed by atoms with van der Waals surface area (Å²) in [4.78, 5) is 23.8. The lowest BCUT2D eigenvalue weighted by molar-refractivity contribution is 0.244. The van der Waals surface area contributed by atoms with E-state index in [9.17, 15) is 20.4 Å². The third-order valence-corrected chi connectivity index (χ3v) is 11.6. The van der Waals surface area contributed by atoms with Crippen LogP contribution in [0.2, 0.25) is 0 Å². The number of aromatic nitrogens is 4. The van der Waals surface area contributed by atoms with Crippen LogP contribution in [0.25, 0.3) is 22.3 Å². The fourth-order valence-electron chi connectivity index (χ4n) is 8.61. The predicted octanol–water partition coefficient (Wildman–Crippen LogP) is 1.10. The topological polar surface area (TPSA) is 157 Å². The lowest BCUT2D eigenvalue weighted by Crippen LogP contribution is -2.25. The van der Waals surface area contributed by atoms with Gasteiger partial charge in [-0.25, -0.2) is 0 Å². The summed E-state index contributed by atoms with van der Waals surface area (Å²) in [5.74, 6) is 0. The number of aliphatic hydroxyl groups excluding tert-OH is 4. The van der Waals surface area contributed by atoms with Gasteiger partial charge in [0.2, 0.25) is 0 Å². The number of hydrogen-bond acceptors (Lipinski definition) is 8. The van der Waals surface area contributed by atoms with Crippen molar-refractivity contribution in [3.8, 4) is 0 Å². The Balaban J connectivity index is 1.31. The average Bonchev–Trinajstić information content (AvgIpc) is 4.12. The fourth-order valence-corrected chi connectivity index (χ4v) is 8.61. The normalized spacial score (nSPS) is 17.8. The van der Waals surface area contributed by atoms with E-state index < -0.39 is 0 Å². The SMILES string of the molecule is OCCN1C=CC(C2=c3ccc([nH]3)=C(C3=CCN(CCO)C=C3)c3ccc([nH]3)C(C3=CCN(CCO)C=C3)=c3ccc([nH]3)=C(C3=CCN(CCO)C=C3)c3ccc2[nH]3)=CC1. The predicted molar refractivity (Wildman–Crippen MR) is 235 cm³/mol. The van der Waals surface area contributed by atoms with Gasteiger partial charge in [-0.1, -0.05) is 24.3 Å². The molecule has 8 bridgehead atoms. The van der Waals surface area contributed by atoms with Crippen LogP contribution in [0.15, 0.2) is 144 Å². The maximum atomic E-state index is 9.66. The molecule has 0 spiro atoms. The Labute approximate surface area is 348 Å². The molecular weight excluding hydrogens is 753 g/mol. The first-order valence-electron chi connectivity index (χ1n) is 20.7. The summed E-state index contributed by atoms with van der Waals surface area (Å²) < 4.78 is 0.